The Morgan fingerprint density at radius 2 is 2.06 bits per heavy atom. The number of aryl methyl sites for hydroxylation is 1. The quantitative estimate of drug-likeness (QED) is 0.261. The van der Waals surface area contributed by atoms with E-state index in [0.717, 1.165) is 36.8 Å². The number of amides is 1. The van der Waals surface area contributed by atoms with Crippen LogP contribution in [0.4, 0.5) is 4.79 Å². The Bertz CT molecular complexity index is 832. The smallest absolute Gasteiger partial charge is 0.411 e. The van der Waals surface area contributed by atoms with Crippen LogP contribution < -0.4 is 5.32 Å². The van der Waals surface area contributed by atoms with Crippen molar-refractivity contribution >= 4 is 12.1 Å². The van der Waals surface area contributed by atoms with Crippen LogP contribution in [0.5, 0.6) is 0 Å². The van der Waals surface area contributed by atoms with E-state index in [-0.39, 0.29) is 24.1 Å². The zero-order chi connectivity index (χ0) is 24.8. The number of unbranched alkanes of at least 4 members (excludes halogenated alkanes) is 2. The molecule has 34 heavy (non-hydrogen) atoms. The molecule has 188 valence electrons. The molecule has 1 aromatic carbocycles. The average Bonchev–Trinajstić information content (AvgIpc) is 2.81. The third-order valence-corrected chi connectivity index (χ3v) is 6.06. The van der Waals surface area contributed by atoms with Crippen molar-refractivity contribution in [2.75, 3.05) is 13.2 Å². The highest BCUT2D eigenvalue weighted by molar-refractivity contribution is 5.93. The van der Waals surface area contributed by atoms with Gasteiger partial charge in [0.05, 0.1) is 18.3 Å². The maximum atomic E-state index is 13.2. The molecule has 6 heteroatoms. The number of cyclic esters (lactones) is 1. The Kier molecular flexibility index (Phi) is 12.5. The van der Waals surface area contributed by atoms with E-state index in [1.54, 1.807) is 6.20 Å². The molecule has 1 aromatic rings. The van der Waals surface area contributed by atoms with E-state index in [4.69, 9.17) is 14.2 Å². The average molecular weight is 472 g/mol. The van der Waals surface area contributed by atoms with E-state index in [9.17, 15) is 9.59 Å². The van der Waals surface area contributed by atoms with Gasteiger partial charge in [0.1, 0.15) is 6.10 Å². The highest BCUT2D eigenvalue weighted by Gasteiger charge is 2.26. The second-order valence-corrected chi connectivity index (χ2v) is 8.88. The SMILES string of the molecule is CCCCCOC(=O)N/C=C/CC1C[C@@H](OCC)[C@@H](C)C/C=C/Cc2cccc(C)c2C(=O)O1. The summed E-state index contributed by atoms with van der Waals surface area (Å²) < 4.78 is 17.2. The van der Waals surface area contributed by atoms with Crippen molar-refractivity contribution in [3.63, 3.8) is 0 Å². The highest BCUT2D eigenvalue weighted by atomic mass is 16.6. The summed E-state index contributed by atoms with van der Waals surface area (Å²) in [6.45, 7) is 9.20. The Hall–Kier alpha value is -2.60. The van der Waals surface area contributed by atoms with Crippen LogP contribution in [0.25, 0.3) is 0 Å². The molecule has 0 aliphatic carbocycles. The number of benzene rings is 1. The van der Waals surface area contributed by atoms with Gasteiger partial charge in [-0.3, -0.25) is 5.32 Å². The Morgan fingerprint density at radius 1 is 1.24 bits per heavy atom. The number of fused-ring (bicyclic) bond motifs is 1. The first-order valence-electron chi connectivity index (χ1n) is 12.6. The maximum absolute atomic E-state index is 13.2. The summed E-state index contributed by atoms with van der Waals surface area (Å²) in [7, 11) is 0. The molecule has 0 spiro atoms. The summed E-state index contributed by atoms with van der Waals surface area (Å²) in [4.78, 5) is 25.0. The highest BCUT2D eigenvalue weighted by Crippen LogP contribution is 2.25. The summed E-state index contributed by atoms with van der Waals surface area (Å²) in [5, 5.41) is 2.63. The topological polar surface area (TPSA) is 73.9 Å². The van der Waals surface area contributed by atoms with Crippen LogP contribution in [-0.2, 0) is 20.6 Å². The summed E-state index contributed by atoms with van der Waals surface area (Å²) in [5.74, 6) is -0.0271. The molecule has 0 saturated heterocycles. The van der Waals surface area contributed by atoms with Crippen molar-refractivity contribution in [1.82, 2.24) is 5.32 Å². The lowest BCUT2D eigenvalue weighted by molar-refractivity contribution is -0.0223. The standard InChI is InChI=1S/C28H41NO5/c1-5-7-10-19-33-28(31)29-18-12-17-24-20-25(32-6-2)21(3)13-8-9-15-23-16-11-14-22(4)26(23)27(30)34-24/h8-9,11-12,14,16,18,21,24-25H,5-7,10,13,15,17,19-20H2,1-4H3,(H,29,31)/b9-8+,18-12+/t21-,24?,25+/m0/s1. The molecule has 1 N–H and O–H groups in total. The molecule has 1 unspecified atom stereocenters. The van der Waals surface area contributed by atoms with Gasteiger partial charge in [-0.25, -0.2) is 9.59 Å². The first kappa shape index (κ1) is 27.6. The number of nitrogens with one attached hydrogen (secondary N) is 1. The zero-order valence-electron chi connectivity index (χ0n) is 21.2. The molecule has 1 aliphatic rings. The first-order valence-corrected chi connectivity index (χ1v) is 12.6. The minimum absolute atomic E-state index is 0.0342. The van der Waals surface area contributed by atoms with Gasteiger partial charge in [0.25, 0.3) is 0 Å². The van der Waals surface area contributed by atoms with E-state index < -0.39 is 6.09 Å². The normalized spacial score (nSPS) is 22.2. The van der Waals surface area contributed by atoms with Gasteiger partial charge >= 0.3 is 12.1 Å². The summed E-state index contributed by atoms with van der Waals surface area (Å²) in [6, 6.07) is 5.89. The van der Waals surface area contributed by atoms with Crippen LogP contribution in [-0.4, -0.2) is 37.5 Å². The van der Waals surface area contributed by atoms with Crippen LogP contribution in [0, 0.1) is 12.8 Å². The Labute approximate surface area is 204 Å². The number of rotatable bonds is 9. The van der Waals surface area contributed by atoms with Gasteiger partial charge in [0.2, 0.25) is 0 Å². The lowest BCUT2D eigenvalue weighted by Gasteiger charge is -2.28. The second kappa shape index (κ2) is 15.3. The predicted molar refractivity (Wildman–Crippen MR) is 135 cm³/mol. The molecule has 0 fully saturated rings. The van der Waals surface area contributed by atoms with Crippen molar-refractivity contribution in [1.29, 1.82) is 0 Å². The lowest BCUT2D eigenvalue weighted by atomic mass is 9.93. The summed E-state index contributed by atoms with van der Waals surface area (Å²) in [6.07, 6.45) is 12.4. The molecular formula is C28H41NO5. The predicted octanol–water partition coefficient (Wildman–Crippen LogP) is 6.27. The number of hydrogen-bond acceptors (Lipinski definition) is 5. The summed E-state index contributed by atoms with van der Waals surface area (Å²) in [5.41, 5.74) is 2.51. The molecule has 0 radical (unpaired) electrons. The van der Waals surface area contributed by atoms with Gasteiger partial charge in [-0.1, -0.05) is 63.1 Å². The fourth-order valence-corrected chi connectivity index (χ4v) is 4.11. The van der Waals surface area contributed by atoms with Crippen molar-refractivity contribution in [2.45, 2.75) is 84.8 Å². The van der Waals surface area contributed by atoms with Gasteiger partial charge in [-0.2, -0.15) is 0 Å². The third kappa shape index (κ3) is 9.34. The lowest BCUT2D eigenvalue weighted by Crippen LogP contribution is -2.30. The van der Waals surface area contributed by atoms with Gasteiger partial charge in [-0.15, -0.1) is 0 Å². The number of alkyl carbamates (subject to hydrolysis) is 1. The van der Waals surface area contributed by atoms with E-state index in [1.807, 2.05) is 38.1 Å². The van der Waals surface area contributed by atoms with E-state index in [1.165, 1.54) is 0 Å². The van der Waals surface area contributed by atoms with E-state index in [0.29, 0.717) is 38.0 Å². The molecule has 6 nitrogen and oxygen atoms in total. The molecule has 0 bridgehead atoms. The first-order chi connectivity index (χ1) is 16.5. The Balaban J connectivity index is 2.12. The van der Waals surface area contributed by atoms with Crippen LogP contribution in [0.1, 0.15) is 80.8 Å². The fourth-order valence-electron chi connectivity index (χ4n) is 4.11. The van der Waals surface area contributed by atoms with Gasteiger partial charge in [-0.05, 0) is 50.2 Å². The number of ether oxygens (including phenoxy) is 3. The number of hydrogen-bond donors (Lipinski definition) is 1. The molecule has 2 rings (SSSR count). The van der Waals surface area contributed by atoms with Crippen molar-refractivity contribution in [3.05, 3.63) is 59.3 Å². The molecule has 0 saturated carbocycles. The van der Waals surface area contributed by atoms with Crippen LogP contribution in [0.2, 0.25) is 0 Å². The largest absolute Gasteiger partial charge is 0.458 e. The summed E-state index contributed by atoms with van der Waals surface area (Å²) >= 11 is 0. The van der Waals surface area contributed by atoms with Crippen molar-refractivity contribution < 1.29 is 23.8 Å². The van der Waals surface area contributed by atoms with Gasteiger partial charge in [0.15, 0.2) is 0 Å². The maximum Gasteiger partial charge on any atom is 0.411 e. The van der Waals surface area contributed by atoms with Crippen LogP contribution in [0.15, 0.2) is 42.6 Å². The van der Waals surface area contributed by atoms with E-state index in [2.05, 4.69) is 31.3 Å². The van der Waals surface area contributed by atoms with Crippen molar-refractivity contribution in [2.24, 2.45) is 5.92 Å². The minimum Gasteiger partial charge on any atom is -0.458 e. The third-order valence-electron chi connectivity index (χ3n) is 6.06. The number of carbonyl (C=O) groups excluding carboxylic acids is 2. The Morgan fingerprint density at radius 3 is 2.82 bits per heavy atom. The molecule has 1 aliphatic heterocycles. The minimum atomic E-state index is -0.472. The molecule has 1 amide bonds. The van der Waals surface area contributed by atoms with E-state index >= 15 is 0 Å². The monoisotopic (exact) mass is 471 g/mol. The molecule has 1 heterocycles. The van der Waals surface area contributed by atoms with Crippen molar-refractivity contribution in [3.8, 4) is 0 Å². The molecule has 3 atom stereocenters. The molecule has 0 aromatic heterocycles. The van der Waals surface area contributed by atoms with Crippen LogP contribution in [0.3, 0.4) is 0 Å². The number of esters is 1. The zero-order valence-corrected chi connectivity index (χ0v) is 21.2. The van der Waals surface area contributed by atoms with Gasteiger partial charge in [0, 0.05) is 25.6 Å². The molecular weight excluding hydrogens is 430 g/mol. The number of carbonyl (C=O) groups is 2. The fraction of sp³-hybridized carbons (Fsp3) is 0.571. The van der Waals surface area contributed by atoms with Crippen LogP contribution >= 0.6 is 0 Å². The van der Waals surface area contributed by atoms with Gasteiger partial charge < -0.3 is 14.2 Å². The number of allylic oxidation sites excluding steroid dienone is 2. The second-order valence-electron chi connectivity index (χ2n) is 8.88.